The molecule has 9 heteroatoms. The van der Waals surface area contributed by atoms with Crippen LogP contribution in [0.3, 0.4) is 0 Å². The average Bonchev–Trinajstić information content (AvgIpc) is 2.81. The Hall–Kier alpha value is -3.07. The quantitative estimate of drug-likeness (QED) is 0.490. The van der Waals surface area contributed by atoms with Gasteiger partial charge in [-0.2, -0.15) is 0 Å². The van der Waals surface area contributed by atoms with Crippen molar-refractivity contribution >= 4 is 27.5 Å². The number of benzene rings is 2. The fraction of sp³-hybridized carbons (Fsp3) is 0.481. The predicted molar refractivity (Wildman–Crippen MR) is 144 cm³/mol. The van der Waals surface area contributed by atoms with E-state index in [1.165, 1.54) is 4.90 Å². The third-order valence-corrected chi connectivity index (χ3v) is 7.09. The minimum Gasteiger partial charge on any atom is -0.497 e. The van der Waals surface area contributed by atoms with Crippen LogP contribution in [0.15, 0.2) is 48.5 Å². The Labute approximate surface area is 215 Å². The number of rotatable bonds is 11. The number of sulfonamides is 1. The molecule has 0 aromatic heterocycles. The number of ether oxygens (including phenoxy) is 1. The van der Waals surface area contributed by atoms with Gasteiger partial charge >= 0.3 is 0 Å². The smallest absolute Gasteiger partial charge is 0.244 e. The van der Waals surface area contributed by atoms with Crippen molar-refractivity contribution in [3.8, 4) is 5.75 Å². The molecule has 2 rings (SSSR count). The van der Waals surface area contributed by atoms with E-state index < -0.39 is 28.5 Å². The zero-order valence-electron chi connectivity index (χ0n) is 22.4. The van der Waals surface area contributed by atoms with Crippen molar-refractivity contribution in [1.29, 1.82) is 0 Å². The number of carbonyl (C=O) groups is 2. The number of nitrogens with zero attached hydrogens (tertiary/aromatic N) is 2. The molecular formula is C27H39N3O5S. The molecule has 0 fully saturated rings. The van der Waals surface area contributed by atoms with Crippen LogP contribution in [-0.2, 0) is 31.6 Å². The molecule has 0 saturated heterocycles. The summed E-state index contributed by atoms with van der Waals surface area (Å²) in [5.41, 5.74) is 2.15. The molecule has 8 nitrogen and oxygen atoms in total. The first kappa shape index (κ1) is 29.2. The van der Waals surface area contributed by atoms with Gasteiger partial charge in [-0.1, -0.05) is 52.0 Å². The molecule has 198 valence electrons. The fourth-order valence-electron chi connectivity index (χ4n) is 3.88. The van der Waals surface area contributed by atoms with Crippen LogP contribution < -0.4 is 14.4 Å². The maximum absolute atomic E-state index is 13.7. The number of likely N-dealkylation sites (N-methyl/N-ethyl adjacent to an activating group) is 1. The summed E-state index contributed by atoms with van der Waals surface area (Å²) < 4.78 is 31.8. The minimum atomic E-state index is -3.77. The lowest BCUT2D eigenvalue weighted by Gasteiger charge is -2.33. The highest BCUT2D eigenvalue weighted by molar-refractivity contribution is 7.92. The number of methoxy groups -OCH3 is 1. The molecule has 0 unspecified atom stereocenters. The normalized spacial score (nSPS) is 12.5. The summed E-state index contributed by atoms with van der Waals surface area (Å²) >= 11 is 0. The fourth-order valence-corrected chi connectivity index (χ4v) is 4.73. The van der Waals surface area contributed by atoms with Gasteiger partial charge in [-0.3, -0.25) is 13.9 Å². The summed E-state index contributed by atoms with van der Waals surface area (Å²) in [6, 6.07) is 13.6. The van der Waals surface area contributed by atoms with E-state index >= 15 is 0 Å². The number of nitrogens with one attached hydrogen (secondary N) is 1. The second kappa shape index (κ2) is 12.3. The lowest BCUT2D eigenvalue weighted by atomic mass is 9.87. The third kappa shape index (κ3) is 7.71. The van der Waals surface area contributed by atoms with Crippen molar-refractivity contribution in [2.45, 2.75) is 59.0 Å². The van der Waals surface area contributed by atoms with E-state index in [2.05, 4.69) is 26.1 Å². The van der Waals surface area contributed by atoms with E-state index in [1.54, 1.807) is 31.4 Å². The van der Waals surface area contributed by atoms with Gasteiger partial charge in [0.05, 0.1) is 19.1 Å². The third-order valence-electron chi connectivity index (χ3n) is 5.95. The summed E-state index contributed by atoms with van der Waals surface area (Å²) in [4.78, 5) is 27.9. The summed E-state index contributed by atoms with van der Waals surface area (Å²) in [6.45, 7) is 10.0. The highest BCUT2D eigenvalue weighted by atomic mass is 32.2. The Balaban J connectivity index is 2.43. The van der Waals surface area contributed by atoms with E-state index in [0.717, 1.165) is 21.7 Å². The minimum absolute atomic E-state index is 0.0968. The van der Waals surface area contributed by atoms with Crippen molar-refractivity contribution in [1.82, 2.24) is 10.2 Å². The van der Waals surface area contributed by atoms with Crippen LogP contribution in [-0.4, -0.2) is 57.6 Å². The van der Waals surface area contributed by atoms with Gasteiger partial charge in [0.2, 0.25) is 21.8 Å². The number of hydrogen-bond donors (Lipinski definition) is 1. The molecule has 0 radical (unpaired) electrons. The number of hydrogen-bond acceptors (Lipinski definition) is 5. The van der Waals surface area contributed by atoms with E-state index in [9.17, 15) is 18.0 Å². The molecule has 0 aliphatic carbocycles. The highest BCUT2D eigenvalue weighted by Gasteiger charge is 2.31. The topological polar surface area (TPSA) is 96.0 Å². The molecule has 2 aromatic carbocycles. The van der Waals surface area contributed by atoms with Crippen LogP contribution in [0.2, 0.25) is 0 Å². The van der Waals surface area contributed by atoms with Crippen molar-refractivity contribution in [2.24, 2.45) is 0 Å². The molecular weight excluding hydrogens is 478 g/mol. The Kier molecular flexibility index (Phi) is 9.93. The van der Waals surface area contributed by atoms with Gasteiger partial charge in [-0.15, -0.1) is 0 Å². The first-order chi connectivity index (χ1) is 16.8. The van der Waals surface area contributed by atoms with Gasteiger partial charge in [-0.05, 0) is 54.2 Å². The monoisotopic (exact) mass is 517 g/mol. The van der Waals surface area contributed by atoms with Crippen molar-refractivity contribution in [3.05, 3.63) is 59.7 Å². The van der Waals surface area contributed by atoms with Crippen molar-refractivity contribution < 1.29 is 22.7 Å². The molecule has 1 N–H and O–H groups in total. The van der Waals surface area contributed by atoms with Gasteiger partial charge in [0.1, 0.15) is 18.3 Å². The molecule has 0 saturated carbocycles. The molecule has 0 heterocycles. The maximum Gasteiger partial charge on any atom is 0.244 e. The van der Waals surface area contributed by atoms with E-state index in [0.29, 0.717) is 24.4 Å². The zero-order chi connectivity index (χ0) is 27.1. The lowest BCUT2D eigenvalue weighted by Crippen LogP contribution is -2.52. The van der Waals surface area contributed by atoms with Crippen LogP contribution in [0.25, 0.3) is 0 Å². The van der Waals surface area contributed by atoms with E-state index in [1.807, 2.05) is 38.1 Å². The van der Waals surface area contributed by atoms with Gasteiger partial charge in [0.15, 0.2) is 0 Å². The van der Waals surface area contributed by atoms with Crippen LogP contribution in [0, 0.1) is 0 Å². The molecule has 0 spiro atoms. The number of carbonyl (C=O) groups excluding carboxylic acids is 2. The lowest BCUT2D eigenvalue weighted by molar-refractivity contribution is -0.140. The van der Waals surface area contributed by atoms with E-state index in [-0.39, 0.29) is 17.9 Å². The summed E-state index contributed by atoms with van der Waals surface area (Å²) in [6.07, 6.45) is 1.46. The van der Waals surface area contributed by atoms with Gasteiger partial charge in [-0.25, -0.2) is 8.42 Å². The maximum atomic E-state index is 13.7. The van der Waals surface area contributed by atoms with Crippen LogP contribution in [0.1, 0.15) is 52.2 Å². The second-order valence-electron chi connectivity index (χ2n) is 9.75. The van der Waals surface area contributed by atoms with E-state index in [4.69, 9.17) is 4.74 Å². The number of anilines is 1. The molecule has 0 aliphatic heterocycles. The first-order valence-corrected chi connectivity index (χ1v) is 13.9. The van der Waals surface area contributed by atoms with Gasteiger partial charge < -0.3 is 15.0 Å². The van der Waals surface area contributed by atoms with Crippen LogP contribution in [0.5, 0.6) is 5.75 Å². The summed E-state index contributed by atoms with van der Waals surface area (Å²) in [7, 11) is -2.20. The summed E-state index contributed by atoms with van der Waals surface area (Å²) in [5, 5.41) is 2.79. The highest BCUT2D eigenvalue weighted by Crippen LogP contribution is 2.26. The Morgan fingerprint density at radius 3 is 2.03 bits per heavy atom. The standard InChI is InChI=1S/C27H39N3O5S/c1-8-24(26(32)28-9-2)29(18-20-10-16-23(35-6)17-11-20)25(31)19-30(36(7,33)34)22-14-12-21(13-15-22)27(3,4)5/h10-17,24H,8-9,18-19H2,1-7H3,(H,28,32)/t24-/m1/s1. The molecule has 1 atom stereocenters. The Morgan fingerprint density at radius 2 is 1.58 bits per heavy atom. The molecule has 36 heavy (non-hydrogen) atoms. The average molecular weight is 518 g/mol. The molecule has 0 aliphatic rings. The van der Waals surface area contributed by atoms with Gasteiger partial charge in [0.25, 0.3) is 0 Å². The van der Waals surface area contributed by atoms with Crippen molar-refractivity contribution in [2.75, 3.05) is 30.8 Å². The molecule has 2 amide bonds. The zero-order valence-corrected chi connectivity index (χ0v) is 23.2. The molecule has 0 bridgehead atoms. The predicted octanol–water partition coefficient (Wildman–Crippen LogP) is 3.70. The number of amides is 2. The second-order valence-corrected chi connectivity index (χ2v) is 11.7. The summed E-state index contributed by atoms with van der Waals surface area (Å²) in [5.74, 6) is -0.0640. The first-order valence-electron chi connectivity index (χ1n) is 12.1. The Bertz CT molecular complexity index is 1120. The van der Waals surface area contributed by atoms with Crippen LogP contribution >= 0.6 is 0 Å². The molecule has 2 aromatic rings. The largest absolute Gasteiger partial charge is 0.497 e. The van der Waals surface area contributed by atoms with Gasteiger partial charge in [0, 0.05) is 13.1 Å². The SMILES string of the molecule is CCNC(=O)[C@@H](CC)N(Cc1ccc(OC)cc1)C(=O)CN(c1ccc(C(C)(C)C)cc1)S(C)(=O)=O. The van der Waals surface area contributed by atoms with Crippen molar-refractivity contribution in [3.63, 3.8) is 0 Å². The van der Waals surface area contributed by atoms with Crippen LogP contribution in [0.4, 0.5) is 5.69 Å². The Morgan fingerprint density at radius 1 is 1.00 bits per heavy atom.